The Hall–Kier alpha value is -1.25. The van der Waals surface area contributed by atoms with Crippen molar-refractivity contribution in [3.63, 3.8) is 0 Å². The number of carbonyl (C=O) groups excluding carboxylic acids is 1. The highest BCUT2D eigenvalue weighted by Crippen LogP contribution is 2.20. The van der Waals surface area contributed by atoms with Gasteiger partial charge in [-0.15, -0.1) is 0 Å². The van der Waals surface area contributed by atoms with Crippen molar-refractivity contribution in [1.29, 1.82) is 0 Å². The zero-order chi connectivity index (χ0) is 12.1. The van der Waals surface area contributed by atoms with Crippen molar-refractivity contribution in [2.75, 3.05) is 6.54 Å². The number of rotatable bonds is 5. The minimum absolute atomic E-state index is 0.0112. The van der Waals surface area contributed by atoms with Crippen LogP contribution in [-0.4, -0.2) is 12.5 Å². The van der Waals surface area contributed by atoms with Crippen molar-refractivity contribution in [3.8, 4) is 0 Å². The fourth-order valence-electron chi connectivity index (χ4n) is 1.79. The van der Waals surface area contributed by atoms with Gasteiger partial charge in [0.1, 0.15) is 11.5 Å². The van der Waals surface area contributed by atoms with E-state index in [4.69, 9.17) is 4.42 Å². The van der Waals surface area contributed by atoms with E-state index in [9.17, 15) is 4.79 Å². The Bertz CT molecular complexity index is 366. The van der Waals surface area contributed by atoms with E-state index in [1.54, 1.807) is 0 Å². The van der Waals surface area contributed by atoms with E-state index in [2.05, 4.69) is 12.2 Å². The van der Waals surface area contributed by atoms with E-state index < -0.39 is 0 Å². The molecule has 0 spiro atoms. The van der Waals surface area contributed by atoms with Crippen LogP contribution in [0.25, 0.3) is 0 Å². The molecule has 0 saturated carbocycles. The first-order valence-corrected chi connectivity index (χ1v) is 5.92. The van der Waals surface area contributed by atoms with Crippen molar-refractivity contribution >= 4 is 5.91 Å². The predicted octanol–water partition coefficient (Wildman–Crippen LogP) is 3.12. The maximum absolute atomic E-state index is 11.9. The molecule has 0 aliphatic rings. The zero-order valence-electron chi connectivity index (χ0n) is 10.6. The molecule has 0 bridgehead atoms. The third kappa shape index (κ3) is 2.87. The smallest absolute Gasteiger partial charge is 0.255 e. The minimum atomic E-state index is -0.0112. The summed E-state index contributed by atoms with van der Waals surface area (Å²) in [5, 5.41) is 2.93. The number of unbranched alkanes of at least 4 members (excludes halogenated alkanes) is 2. The number of hydrogen-bond acceptors (Lipinski definition) is 2. The van der Waals surface area contributed by atoms with Gasteiger partial charge >= 0.3 is 0 Å². The molecule has 1 aromatic rings. The quantitative estimate of drug-likeness (QED) is 0.779. The van der Waals surface area contributed by atoms with Gasteiger partial charge in [0.15, 0.2) is 0 Å². The molecule has 0 atom stereocenters. The van der Waals surface area contributed by atoms with Crippen molar-refractivity contribution in [2.45, 2.75) is 47.0 Å². The molecule has 0 aliphatic heterocycles. The van der Waals surface area contributed by atoms with Gasteiger partial charge in [-0.25, -0.2) is 0 Å². The second kappa shape index (κ2) is 5.73. The van der Waals surface area contributed by atoms with Crippen molar-refractivity contribution in [2.24, 2.45) is 0 Å². The van der Waals surface area contributed by atoms with Crippen LogP contribution < -0.4 is 5.32 Å². The van der Waals surface area contributed by atoms with Gasteiger partial charge in [0.2, 0.25) is 0 Å². The Labute approximate surface area is 97.2 Å². The number of aryl methyl sites for hydroxylation is 2. The van der Waals surface area contributed by atoms with Crippen LogP contribution >= 0.6 is 0 Å². The summed E-state index contributed by atoms with van der Waals surface area (Å²) in [6, 6.07) is 0. The van der Waals surface area contributed by atoms with Crippen LogP contribution in [0.4, 0.5) is 0 Å². The molecule has 0 unspecified atom stereocenters. The lowest BCUT2D eigenvalue weighted by Gasteiger charge is -2.04. The van der Waals surface area contributed by atoms with Gasteiger partial charge in [0, 0.05) is 12.1 Å². The normalized spacial score (nSPS) is 10.5. The molecule has 1 aromatic heterocycles. The number of amides is 1. The van der Waals surface area contributed by atoms with Crippen LogP contribution in [0.15, 0.2) is 4.42 Å². The van der Waals surface area contributed by atoms with E-state index in [-0.39, 0.29) is 5.91 Å². The average Bonchev–Trinajstić information content (AvgIpc) is 2.48. The van der Waals surface area contributed by atoms with Crippen LogP contribution in [0.2, 0.25) is 0 Å². The Kier molecular flexibility index (Phi) is 4.59. The van der Waals surface area contributed by atoms with Crippen molar-refractivity contribution < 1.29 is 9.21 Å². The number of furan rings is 1. The summed E-state index contributed by atoms with van der Waals surface area (Å²) >= 11 is 0. The van der Waals surface area contributed by atoms with Crippen LogP contribution in [0.1, 0.15) is 53.6 Å². The summed E-state index contributed by atoms with van der Waals surface area (Å²) in [4.78, 5) is 11.9. The molecule has 1 N–H and O–H groups in total. The summed E-state index contributed by atoms with van der Waals surface area (Å²) < 4.78 is 5.43. The molecule has 90 valence electrons. The fraction of sp³-hybridized carbons (Fsp3) is 0.615. The zero-order valence-corrected chi connectivity index (χ0v) is 10.6. The van der Waals surface area contributed by atoms with Gasteiger partial charge in [-0.2, -0.15) is 0 Å². The summed E-state index contributed by atoms with van der Waals surface area (Å²) in [5.74, 6) is 1.53. The predicted molar refractivity (Wildman–Crippen MR) is 64.8 cm³/mol. The highest BCUT2D eigenvalue weighted by Gasteiger charge is 2.17. The third-order valence-corrected chi connectivity index (χ3v) is 2.85. The molecule has 0 saturated heterocycles. The van der Waals surface area contributed by atoms with Gasteiger partial charge in [0.25, 0.3) is 5.91 Å². The molecular weight excluding hydrogens is 202 g/mol. The number of hydrogen-bond donors (Lipinski definition) is 1. The van der Waals surface area contributed by atoms with Gasteiger partial charge in [-0.1, -0.05) is 19.8 Å². The molecular formula is C13H21NO2. The SMILES string of the molecule is CCCCCNC(=O)c1c(C)oc(C)c1C. The Balaban J connectivity index is 2.59. The third-order valence-electron chi connectivity index (χ3n) is 2.85. The van der Waals surface area contributed by atoms with Crippen LogP contribution in [-0.2, 0) is 0 Å². The second-order valence-electron chi connectivity index (χ2n) is 4.18. The van der Waals surface area contributed by atoms with Crippen LogP contribution in [0.3, 0.4) is 0 Å². The van der Waals surface area contributed by atoms with Crippen molar-refractivity contribution in [3.05, 3.63) is 22.6 Å². The number of nitrogens with one attached hydrogen (secondary N) is 1. The molecule has 3 nitrogen and oxygen atoms in total. The maximum Gasteiger partial charge on any atom is 0.255 e. The summed E-state index contributed by atoms with van der Waals surface area (Å²) in [6.45, 7) is 8.54. The maximum atomic E-state index is 11.9. The summed E-state index contributed by atoms with van der Waals surface area (Å²) in [6.07, 6.45) is 3.36. The standard InChI is InChI=1S/C13H21NO2/c1-5-6-7-8-14-13(15)12-9(2)10(3)16-11(12)4/h5-8H2,1-4H3,(H,14,15). The molecule has 1 rings (SSSR count). The Morgan fingerprint density at radius 3 is 2.38 bits per heavy atom. The van der Waals surface area contributed by atoms with Crippen LogP contribution in [0.5, 0.6) is 0 Å². The second-order valence-corrected chi connectivity index (χ2v) is 4.18. The van der Waals surface area contributed by atoms with E-state index in [0.717, 1.165) is 30.7 Å². The first-order chi connectivity index (χ1) is 7.57. The lowest BCUT2D eigenvalue weighted by Crippen LogP contribution is -2.25. The minimum Gasteiger partial charge on any atom is -0.466 e. The van der Waals surface area contributed by atoms with Gasteiger partial charge in [-0.05, 0) is 27.2 Å². The fourth-order valence-corrected chi connectivity index (χ4v) is 1.79. The van der Waals surface area contributed by atoms with Crippen LogP contribution in [0, 0.1) is 20.8 Å². The topological polar surface area (TPSA) is 42.2 Å². The molecule has 0 aromatic carbocycles. The summed E-state index contributed by atoms with van der Waals surface area (Å²) in [5.41, 5.74) is 1.65. The van der Waals surface area contributed by atoms with Crippen molar-refractivity contribution in [1.82, 2.24) is 5.32 Å². The molecule has 1 amide bonds. The highest BCUT2D eigenvalue weighted by atomic mass is 16.3. The molecule has 3 heteroatoms. The molecule has 0 radical (unpaired) electrons. The molecule has 16 heavy (non-hydrogen) atoms. The molecule has 0 fully saturated rings. The summed E-state index contributed by atoms with van der Waals surface area (Å²) in [7, 11) is 0. The van der Waals surface area contributed by atoms with E-state index in [1.165, 1.54) is 6.42 Å². The lowest BCUT2D eigenvalue weighted by atomic mass is 10.1. The molecule has 1 heterocycles. The first-order valence-electron chi connectivity index (χ1n) is 5.92. The monoisotopic (exact) mass is 223 g/mol. The first kappa shape index (κ1) is 12.8. The van der Waals surface area contributed by atoms with Gasteiger partial charge in [-0.3, -0.25) is 4.79 Å². The molecule has 0 aliphatic carbocycles. The van der Waals surface area contributed by atoms with E-state index in [0.29, 0.717) is 11.3 Å². The number of carbonyl (C=O) groups is 1. The Morgan fingerprint density at radius 2 is 1.88 bits per heavy atom. The highest BCUT2D eigenvalue weighted by molar-refractivity contribution is 5.96. The lowest BCUT2D eigenvalue weighted by molar-refractivity contribution is 0.0951. The average molecular weight is 223 g/mol. The largest absolute Gasteiger partial charge is 0.466 e. The van der Waals surface area contributed by atoms with Gasteiger partial charge in [0.05, 0.1) is 5.56 Å². The van der Waals surface area contributed by atoms with Gasteiger partial charge < -0.3 is 9.73 Å². The van der Waals surface area contributed by atoms with E-state index >= 15 is 0 Å². The van der Waals surface area contributed by atoms with E-state index in [1.807, 2.05) is 20.8 Å². The Morgan fingerprint density at radius 1 is 1.19 bits per heavy atom.